The molecule has 0 amide bonds. The van der Waals surface area contributed by atoms with Crippen LogP contribution in [0.5, 0.6) is 5.75 Å². The predicted molar refractivity (Wildman–Crippen MR) is 62.8 cm³/mol. The number of rotatable bonds is 4. The van der Waals surface area contributed by atoms with Crippen molar-refractivity contribution < 1.29 is 4.74 Å². The Morgan fingerprint density at radius 2 is 2.15 bits per heavy atom. The molecule has 0 saturated carbocycles. The second kappa shape index (κ2) is 5.66. The minimum absolute atomic E-state index is 0.976. The van der Waals surface area contributed by atoms with Crippen molar-refractivity contribution in [3.63, 3.8) is 0 Å². The summed E-state index contributed by atoms with van der Waals surface area (Å²) in [6, 6.07) is 6.10. The van der Waals surface area contributed by atoms with Gasteiger partial charge in [0.1, 0.15) is 5.75 Å². The summed E-state index contributed by atoms with van der Waals surface area (Å²) in [5.41, 5.74) is 1.26. The zero-order valence-electron chi connectivity index (χ0n) is 7.52. The van der Waals surface area contributed by atoms with Gasteiger partial charge in [-0.1, -0.05) is 31.9 Å². The van der Waals surface area contributed by atoms with Crippen LogP contribution in [0.25, 0.3) is 0 Å². The molecule has 0 heterocycles. The Hall–Kier alpha value is -0.0200. The van der Waals surface area contributed by atoms with E-state index in [0.717, 1.165) is 28.4 Å². The highest BCUT2D eigenvalue weighted by Crippen LogP contribution is 2.24. The van der Waals surface area contributed by atoms with Gasteiger partial charge >= 0.3 is 0 Å². The standard InChI is InChI=1S/C10H12Br2O/c1-13-10-5-4-9(12)7-8(10)3-2-6-11/h4-5,7H,2-3,6H2,1H3. The Morgan fingerprint density at radius 3 is 2.77 bits per heavy atom. The molecule has 0 unspecified atom stereocenters. The smallest absolute Gasteiger partial charge is 0.122 e. The van der Waals surface area contributed by atoms with Crippen LogP contribution in [-0.4, -0.2) is 12.4 Å². The predicted octanol–water partition coefficient (Wildman–Crippen LogP) is 3.79. The first-order valence-electron chi connectivity index (χ1n) is 4.16. The van der Waals surface area contributed by atoms with Crippen LogP contribution in [0.2, 0.25) is 0 Å². The molecule has 0 aliphatic rings. The van der Waals surface area contributed by atoms with Gasteiger partial charge in [0.2, 0.25) is 0 Å². The van der Waals surface area contributed by atoms with Gasteiger partial charge in [0, 0.05) is 9.80 Å². The second-order valence-corrected chi connectivity index (χ2v) is 4.46. The van der Waals surface area contributed by atoms with Crippen molar-refractivity contribution in [3.05, 3.63) is 28.2 Å². The van der Waals surface area contributed by atoms with Crippen LogP contribution < -0.4 is 4.74 Å². The van der Waals surface area contributed by atoms with Gasteiger partial charge in [0.25, 0.3) is 0 Å². The van der Waals surface area contributed by atoms with Crippen molar-refractivity contribution in [1.82, 2.24) is 0 Å². The molecule has 1 aromatic rings. The van der Waals surface area contributed by atoms with E-state index in [-0.39, 0.29) is 0 Å². The molecular weight excluding hydrogens is 296 g/mol. The Balaban J connectivity index is 2.81. The quantitative estimate of drug-likeness (QED) is 0.769. The van der Waals surface area contributed by atoms with Gasteiger partial charge in [-0.2, -0.15) is 0 Å². The summed E-state index contributed by atoms with van der Waals surface area (Å²) >= 11 is 6.87. The van der Waals surface area contributed by atoms with Gasteiger partial charge in [-0.3, -0.25) is 0 Å². The van der Waals surface area contributed by atoms with Crippen molar-refractivity contribution in [2.45, 2.75) is 12.8 Å². The highest BCUT2D eigenvalue weighted by molar-refractivity contribution is 9.10. The van der Waals surface area contributed by atoms with E-state index in [9.17, 15) is 0 Å². The largest absolute Gasteiger partial charge is 0.496 e. The van der Waals surface area contributed by atoms with E-state index in [0.29, 0.717) is 0 Å². The van der Waals surface area contributed by atoms with Crippen LogP contribution in [0.15, 0.2) is 22.7 Å². The minimum Gasteiger partial charge on any atom is -0.496 e. The first-order valence-corrected chi connectivity index (χ1v) is 6.07. The van der Waals surface area contributed by atoms with E-state index < -0.39 is 0 Å². The Labute approximate surface area is 95.7 Å². The normalized spacial score (nSPS) is 10.1. The van der Waals surface area contributed by atoms with Crippen molar-refractivity contribution in [2.24, 2.45) is 0 Å². The summed E-state index contributed by atoms with van der Waals surface area (Å²) in [6.07, 6.45) is 2.18. The molecule has 0 spiro atoms. The van der Waals surface area contributed by atoms with E-state index in [2.05, 4.69) is 37.9 Å². The van der Waals surface area contributed by atoms with E-state index in [1.807, 2.05) is 12.1 Å². The number of aryl methyl sites for hydroxylation is 1. The molecule has 0 bridgehead atoms. The maximum absolute atomic E-state index is 5.26. The fourth-order valence-electron chi connectivity index (χ4n) is 1.20. The van der Waals surface area contributed by atoms with E-state index in [1.165, 1.54) is 5.56 Å². The van der Waals surface area contributed by atoms with Gasteiger partial charge in [0.15, 0.2) is 0 Å². The summed E-state index contributed by atoms with van der Waals surface area (Å²) in [6.45, 7) is 0. The molecule has 13 heavy (non-hydrogen) atoms. The molecule has 1 nitrogen and oxygen atoms in total. The molecule has 72 valence electrons. The van der Waals surface area contributed by atoms with E-state index in [4.69, 9.17) is 4.74 Å². The molecule has 1 aromatic carbocycles. The van der Waals surface area contributed by atoms with Gasteiger partial charge in [-0.25, -0.2) is 0 Å². The topological polar surface area (TPSA) is 9.23 Å². The van der Waals surface area contributed by atoms with E-state index in [1.54, 1.807) is 7.11 Å². The molecule has 3 heteroatoms. The highest BCUT2D eigenvalue weighted by atomic mass is 79.9. The van der Waals surface area contributed by atoms with Crippen LogP contribution in [0, 0.1) is 0 Å². The third kappa shape index (κ3) is 3.31. The van der Waals surface area contributed by atoms with Crippen LogP contribution in [0.1, 0.15) is 12.0 Å². The maximum Gasteiger partial charge on any atom is 0.122 e. The number of halogens is 2. The number of hydrogen-bond acceptors (Lipinski definition) is 1. The highest BCUT2D eigenvalue weighted by Gasteiger charge is 2.02. The summed E-state index contributed by atoms with van der Waals surface area (Å²) in [5.74, 6) is 0.976. The van der Waals surface area contributed by atoms with Crippen molar-refractivity contribution in [2.75, 3.05) is 12.4 Å². The molecule has 0 N–H and O–H groups in total. The van der Waals surface area contributed by atoms with Gasteiger partial charge in [-0.05, 0) is 36.6 Å². The van der Waals surface area contributed by atoms with Crippen LogP contribution >= 0.6 is 31.9 Å². The molecule has 0 radical (unpaired) electrons. The van der Waals surface area contributed by atoms with Crippen LogP contribution in [0.3, 0.4) is 0 Å². The Bertz CT molecular complexity index is 274. The van der Waals surface area contributed by atoms with Crippen LogP contribution in [0.4, 0.5) is 0 Å². The number of ether oxygens (including phenoxy) is 1. The summed E-state index contributed by atoms with van der Waals surface area (Å²) in [4.78, 5) is 0. The van der Waals surface area contributed by atoms with Gasteiger partial charge in [0.05, 0.1) is 7.11 Å². The average molecular weight is 308 g/mol. The molecule has 0 aliphatic heterocycles. The van der Waals surface area contributed by atoms with Gasteiger partial charge < -0.3 is 4.74 Å². The lowest BCUT2D eigenvalue weighted by Gasteiger charge is -2.07. The summed E-state index contributed by atoms with van der Waals surface area (Å²) < 4.78 is 6.37. The van der Waals surface area contributed by atoms with Crippen LogP contribution in [-0.2, 0) is 6.42 Å². The molecule has 0 atom stereocenters. The number of methoxy groups -OCH3 is 1. The van der Waals surface area contributed by atoms with Crippen molar-refractivity contribution >= 4 is 31.9 Å². The van der Waals surface area contributed by atoms with E-state index >= 15 is 0 Å². The molecule has 1 rings (SSSR count). The van der Waals surface area contributed by atoms with Crippen molar-refractivity contribution in [3.8, 4) is 5.75 Å². The molecule has 0 aromatic heterocycles. The third-order valence-corrected chi connectivity index (χ3v) is 2.88. The second-order valence-electron chi connectivity index (χ2n) is 2.75. The zero-order valence-corrected chi connectivity index (χ0v) is 10.7. The fourth-order valence-corrected chi connectivity index (χ4v) is 1.89. The zero-order chi connectivity index (χ0) is 9.68. The lowest BCUT2D eigenvalue weighted by atomic mass is 10.1. The van der Waals surface area contributed by atoms with Crippen molar-refractivity contribution in [1.29, 1.82) is 0 Å². The molecular formula is C10H12Br2O. The molecule has 0 fully saturated rings. The number of alkyl halides is 1. The SMILES string of the molecule is COc1ccc(Br)cc1CCCBr. The first kappa shape index (κ1) is 11.1. The Kier molecular flexibility index (Phi) is 4.81. The Morgan fingerprint density at radius 1 is 1.38 bits per heavy atom. The molecule has 0 saturated heterocycles. The molecule has 0 aliphatic carbocycles. The lowest BCUT2D eigenvalue weighted by molar-refractivity contribution is 0.409. The fraction of sp³-hybridized carbons (Fsp3) is 0.400. The lowest BCUT2D eigenvalue weighted by Crippen LogP contribution is -1.92. The average Bonchev–Trinajstić information content (AvgIpc) is 2.15. The summed E-state index contributed by atoms with van der Waals surface area (Å²) in [5, 5.41) is 1.03. The maximum atomic E-state index is 5.26. The summed E-state index contributed by atoms with van der Waals surface area (Å²) in [7, 11) is 1.71. The first-order chi connectivity index (χ1) is 6.27. The number of hydrogen-bond donors (Lipinski definition) is 0. The number of benzene rings is 1. The minimum atomic E-state index is 0.976. The third-order valence-electron chi connectivity index (χ3n) is 1.82. The van der Waals surface area contributed by atoms with Gasteiger partial charge in [-0.15, -0.1) is 0 Å². The monoisotopic (exact) mass is 306 g/mol.